The van der Waals surface area contributed by atoms with Crippen molar-refractivity contribution in [2.24, 2.45) is 0 Å². The Balaban J connectivity index is 1.15. The molecule has 148 valence electrons. The number of fused-ring (bicyclic) bond motifs is 1. The SMILES string of the molecule is CN(CCCNCCc1ccc2c(c1)OCCO2)c1nc(-n2ccnc2)ns1. The van der Waals surface area contributed by atoms with Crippen molar-refractivity contribution < 1.29 is 9.47 Å². The number of hydrogen-bond donors (Lipinski definition) is 1. The highest BCUT2D eigenvalue weighted by Gasteiger charge is 2.12. The summed E-state index contributed by atoms with van der Waals surface area (Å²) in [5.74, 6) is 2.37. The van der Waals surface area contributed by atoms with E-state index in [2.05, 4.69) is 36.7 Å². The highest BCUT2D eigenvalue weighted by Crippen LogP contribution is 2.30. The minimum absolute atomic E-state index is 0.626. The van der Waals surface area contributed by atoms with E-state index in [4.69, 9.17) is 9.47 Å². The molecule has 0 spiro atoms. The van der Waals surface area contributed by atoms with Gasteiger partial charge in [0.25, 0.3) is 0 Å². The van der Waals surface area contributed by atoms with E-state index in [-0.39, 0.29) is 0 Å². The molecule has 4 rings (SSSR count). The van der Waals surface area contributed by atoms with Gasteiger partial charge in [-0.1, -0.05) is 6.07 Å². The lowest BCUT2D eigenvalue weighted by Gasteiger charge is -2.19. The van der Waals surface area contributed by atoms with Crippen molar-refractivity contribution in [3.05, 3.63) is 42.5 Å². The van der Waals surface area contributed by atoms with E-state index in [1.165, 1.54) is 17.1 Å². The summed E-state index contributed by atoms with van der Waals surface area (Å²) in [7, 11) is 2.05. The molecule has 1 N–H and O–H groups in total. The van der Waals surface area contributed by atoms with Gasteiger partial charge in [0, 0.05) is 37.5 Å². The minimum Gasteiger partial charge on any atom is -0.486 e. The molecule has 1 aromatic carbocycles. The van der Waals surface area contributed by atoms with Crippen molar-refractivity contribution in [1.29, 1.82) is 0 Å². The zero-order valence-corrected chi connectivity index (χ0v) is 16.7. The Kier molecular flexibility index (Phi) is 6.03. The number of ether oxygens (including phenoxy) is 2. The summed E-state index contributed by atoms with van der Waals surface area (Å²) in [6.07, 6.45) is 7.28. The number of nitrogens with one attached hydrogen (secondary N) is 1. The van der Waals surface area contributed by atoms with Crippen LogP contribution < -0.4 is 19.7 Å². The van der Waals surface area contributed by atoms with Crippen LogP contribution in [0.3, 0.4) is 0 Å². The molecule has 8 nitrogen and oxygen atoms in total. The quantitative estimate of drug-likeness (QED) is 0.552. The first-order valence-electron chi connectivity index (χ1n) is 9.42. The molecule has 1 aliphatic heterocycles. The fraction of sp³-hybridized carbons (Fsp3) is 0.421. The largest absolute Gasteiger partial charge is 0.486 e. The van der Waals surface area contributed by atoms with Crippen molar-refractivity contribution in [3.8, 4) is 17.4 Å². The van der Waals surface area contributed by atoms with Gasteiger partial charge in [-0.25, -0.2) is 4.98 Å². The van der Waals surface area contributed by atoms with Gasteiger partial charge in [0.1, 0.15) is 19.5 Å². The minimum atomic E-state index is 0.626. The molecule has 0 saturated heterocycles. The third-order valence-electron chi connectivity index (χ3n) is 4.51. The summed E-state index contributed by atoms with van der Waals surface area (Å²) in [6.45, 7) is 4.08. The van der Waals surface area contributed by atoms with Gasteiger partial charge in [0.2, 0.25) is 11.1 Å². The standard InChI is InChI=1S/C19H24N6O2S/c1-24(19-22-18(23-28-19)25-10-8-21-14-25)9-2-6-20-7-5-15-3-4-16-17(13-15)27-12-11-26-16/h3-4,8,10,13-14,20H,2,5-7,9,11-12H2,1H3. The Morgan fingerprint density at radius 2 is 2.11 bits per heavy atom. The first kappa shape index (κ1) is 18.7. The molecule has 0 aliphatic carbocycles. The number of nitrogens with zero attached hydrogens (tertiary/aromatic N) is 5. The Labute approximate surface area is 168 Å². The number of rotatable bonds is 9. The second-order valence-electron chi connectivity index (χ2n) is 6.60. The number of anilines is 1. The number of aromatic nitrogens is 4. The highest BCUT2D eigenvalue weighted by atomic mass is 32.1. The van der Waals surface area contributed by atoms with Gasteiger partial charge in [-0.15, -0.1) is 0 Å². The average Bonchev–Trinajstić information content (AvgIpc) is 3.42. The van der Waals surface area contributed by atoms with E-state index < -0.39 is 0 Å². The first-order valence-corrected chi connectivity index (χ1v) is 10.2. The maximum Gasteiger partial charge on any atom is 0.248 e. The number of hydrogen-bond acceptors (Lipinski definition) is 8. The van der Waals surface area contributed by atoms with E-state index in [1.54, 1.807) is 12.5 Å². The maximum absolute atomic E-state index is 5.64. The lowest BCUT2D eigenvalue weighted by atomic mass is 10.1. The number of benzene rings is 1. The summed E-state index contributed by atoms with van der Waals surface area (Å²) in [5, 5.41) is 4.42. The monoisotopic (exact) mass is 400 g/mol. The van der Waals surface area contributed by atoms with E-state index in [0.717, 1.165) is 49.1 Å². The number of imidazole rings is 1. The molecular formula is C19H24N6O2S. The molecule has 0 fully saturated rings. The molecule has 3 aromatic rings. The normalized spacial score (nSPS) is 12.9. The van der Waals surface area contributed by atoms with E-state index in [0.29, 0.717) is 19.2 Å². The Morgan fingerprint density at radius 3 is 2.96 bits per heavy atom. The fourth-order valence-electron chi connectivity index (χ4n) is 2.98. The lowest BCUT2D eigenvalue weighted by molar-refractivity contribution is 0.171. The lowest BCUT2D eigenvalue weighted by Crippen LogP contribution is -2.25. The zero-order chi connectivity index (χ0) is 19.2. The Hall–Kier alpha value is -2.65. The van der Waals surface area contributed by atoms with Crippen LogP contribution in [-0.4, -0.2) is 58.8 Å². The molecule has 0 unspecified atom stereocenters. The predicted molar refractivity (Wildman–Crippen MR) is 109 cm³/mol. The molecule has 0 amide bonds. The molecule has 2 aromatic heterocycles. The molecule has 3 heterocycles. The van der Waals surface area contributed by atoms with Crippen molar-refractivity contribution in [3.63, 3.8) is 0 Å². The van der Waals surface area contributed by atoms with Crippen LogP contribution in [-0.2, 0) is 6.42 Å². The van der Waals surface area contributed by atoms with Crippen LogP contribution in [0.5, 0.6) is 11.5 Å². The summed E-state index contributed by atoms with van der Waals surface area (Å²) in [5.41, 5.74) is 1.26. The van der Waals surface area contributed by atoms with Crippen molar-refractivity contribution >= 4 is 16.7 Å². The average molecular weight is 401 g/mol. The van der Waals surface area contributed by atoms with Crippen LogP contribution in [0, 0.1) is 0 Å². The van der Waals surface area contributed by atoms with Crippen LogP contribution in [0.25, 0.3) is 5.95 Å². The molecule has 0 bridgehead atoms. The van der Waals surface area contributed by atoms with Gasteiger partial charge in [-0.2, -0.15) is 9.36 Å². The second kappa shape index (κ2) is 9.03. The molecule has 0 saturated carbocycles. The van der Waals surface area contributed by atoms with Crippen LogP contribution >= 0.6 is 11.5 Å². The highest BCUT2D eigenvalue weighted by molar-refractivity contribution is 7.09. The molecule has 1 aliphatic rings. The van der Waals surface area contributed by atoms with Gasteiger partial charge < -0.3 is 19.7 Å². The van der Waals surface area contributed by atoms with Gasteiger partial charge in [0.15, 0.2) is 11.5 Å². The van der Waals surface area contributed by atoms with Crippen LogP contribution in [0.15, 0.2) is 36.9 Å². The fourth-order valence-corrected chi connectivity index (χ4v) is 3.63. The summed E-state index contributed by atoms with van der Waals surface area (Å²) < 4.78 is 17.4. The van der Waals surface area contributed by atoms with E-state index in [1.807, 2.05) is 23.9 Å². The topological polar surface area (TPSA) is 77.3 Å². The van der Waals surface area contributed by atoms with Crippen LogP contribution in [0.4, 0.5) is 5.13 Å². The first-order chi connectivity index (χ1) is 13.8. The molecule has 0 atom stereocenters. The van der Waals surface area contributed by atoms with Crippen LogP contribution in [0.2, 0.25) is 0 Å². The smallest absolute Gasteiger partial charge is 0.248 e. The maximum atomic E-state index is 5.64. The zero-order valence-electron chi connectivity index (χ0n) is 15.9. The van der Waals surface area contributed by atoms with Gasteiger partial charge in [-0.05, 0) is 43.6 Å². The predicted octanol–water partition coefficient (Wildman–Crippen LogP) is 2.15. The molecule has 28 heavy (non-hydrogen) atoms. The van der Waals surface area contributed by atoms with Crippen molar-refractivity contribution in [2.45, 2.75) is 12.8 Å². The van der Waals surface area contributed by atoms with Crippen molar-refractivity contribution in [2.75, 3.05) is 44.8 Å². The van der Waals surface area contributed by atoms with E-state index >= 15 is 0 Å². The van der Waals surface area contributed by atoms with Gasteiger partial charge in [-0.3, -0.25) is 4.57 Å². The Bertz CT molecular complexity index is 882. The molecule has 9 heteroatoms. The van der Waals surface area contributed by atoms with Crippen LogP contribution in [0.1, 0.15) is 12.0 Å². The molecular weight excluding hydrogens is 376 g/mol. The van der Waals surface area contributed by atoms with E-state index in [9.17, 15) is 0 Å². The van der Waals surface area contributed by atoms with Gasteiger partial charge in [0.05, 0.1) is 0 Å². The summed E-state index contributed by atoms with van der Waals surface area (Å²) in [4.78, 5) is 10.7. The van der Waals surface area contributed by atoms with Gasteiger partial charge >= 0.3 is 0 Å². The third-order valence-corrected chi connectivity index (χ3v) is 5.33. The molecule has 0 radical (unpaired) electrons. The second-order valence-corrected chi connectivity index (χ2v) is 7.33. The Morgan fingerprint density at radius 1 is 1.21 bits per heavy atom. The third kappa shape index (κ3) is 4.60. The summed E-state index contributed by atoms with van der Waals surface area (Å²) in [6, 6.07) is 6.19. The van der Waals surface area contributed by atoms with Crippen molar-refractivity contribution in [1.82, 2.24) is 24.2 Å². The summed E-state index contributed by atoms with van der Waals surface area (Å²) >= 11 is 1.41.